The molecule has 0 bridgehead atoms. The Bertz CT molecular complexity index is 458. The number of hydrogen-bond acceptors (Lipinski definition) is 5. The number of fused-ring (bicyclic) bond motifs is 1. The molecule has 0 fully saturated rings. The van der Waals surface area contributed by atoms with Crippen LogP contribution < -0.4 is 18.9 Å². The molecule has 1 aliphatic heterocycles. The Morgan fingerprint density at radius 3 is 2.37 bits per heavy atom. The van der Waals surface area contributed by atoms with E-state index in [0.717, 1.165) is 12.8 Å². The van der Waals surface area contributed by atoms with Gasteiger partial charge >= 0.3 is 0 Å². The average molecular weight is 268 g/mol. The first-order chi connectivity index (χ1) is 9.17. The molecule has 106 valence electrons. The minimum atomic E-state index is -0.704. The predicted molar refractivity (Wildman–Crippen MR) is 70.4 cm³/mol. The molecule has 0 aromatic heterocycles. The highest BCUT2D eigenvalue weighted by Crippen LogP contribution is 2.52. The lowest BCUT2D eigenvalue weighted by Gasteiger charge is -2.16. The second-order valence-electron chi connectivity index (χ2n) is 4.45. The van der Waals surface area contributed by atoms with Gasteiger partial charge in [-0.15, -0.1) is 0 Å². The van der Waals surface area contributed by atoms with E-state index in [2.05, 4.69) is 6.92 Å². The molecule has 0 aliphatic carbocycles. The Labute approximate surface area is 113 Å². The molecule has 2 atom stereocenters. The lowest BCUT2D eigenvalue weighted by atomic mass is 10.0. The van der Waals surface area contributed by atoms with E-state index in [9.17, 15) is 5.11 Å². The van der Waals surface area contributed by atoms with Crippen molar-refractivity contribution in [2.45, 2.75) is 32.0 Å². The number of aliphatic hydroxyl groups excluding tert-OH is 1. The summed E-state index contributed by atoms with van der Waals surface area (Å²) >= 11 is 0. The maximum Gasteiger partial charge on any atom is 0.203 e. The Hall–Kier alpha value is -1.62. The summed E-state index contributed by atoms with van der Waals surface area (Å²) in [4.78, 5) is 0. The van der Waals surface area contributed by atoms with Crippen molar-refractivity contribution in [3.05, 3.63) is 11.6 Å². The molecule has 19 heavy (non-hydrogen) atoms. The molecule has 1 heterocycles. The number of benzene rings is 1. The van der Waals surface area contributed by atoms with Crippen molar-refractivity contribution < 1.29 is 24.1 Å². The second kappa shape index (κ2) is 5.57. The fourth-order valence-electron chi connectivity index (χ4n) is 2.45. The summed E-state index contributed by atoms with van der Waals surface area (Å²) in [6.07, 6.45) is 0.770. The van der Waals surface area contributed by atoms with Gasteiger partial charge < -0.3 is 24.1 Å². The molecule has 0 amide bonds. The van der Waals surface area contributed by atoms with E-state index in [1.807, 2.05) is 0 Å². The van der Waals surface area contributed by atoms with E-state index in [4.69, 9.17) is 18.9 Å². The molecule has 5 heteroatoms. The lowest BCUT2D eigenvalue weighted by Crippen LogP contribution is -2.18. The normalized spacial score (nSPS) is 20.7. The van der Waals surface area contributed by atoms with E-state index in [0.29, 0.717) is 28.6 Å². The van der Waals surface area contributed by atoms with Crippen molar-refractivity contribution in [3.8, 4) is 23.0 Å². The van der Waals surface area contributed by atoms with Crippen molar-refractivity contribution in [3.63, 3.8) is 0 Å². The van der Waals surface area contributed by atoms with Crippen molar-refractivity contribution >= 4 is 0 Å². The van der Waals surface area contributed by atoms with Crippen LogP contribution in [0.2, 0.25) is 0 Å². The average Bonchev–Trinajstić information content (AvgIpc) is 2.73. The molecule has 1 N–H and O–H groups in total. The maximum atomic E-state index is 10.4. The third-order valence-corrected chi connectivity index (χ3v) is 3.33. The molecule has 0 radical (unpaired) electrons. The van der Waals surface area contributed by atoms with Crippen LogP contribution in [0.3, 0.4) is 0 Å². The molecular formula is C14H20O5. The zero-order valence-electron chi connectivity index (χ0n) is 11.7. The minimum Gasteiger partial charge on any atom is -0.493 e. The van der Waals surface area contributed by atoms with E-state index >= 15 is 0 Å². The van der Waals surface area contributed by atoms with E-state index in [-0.39, 0.29) is 6.10 Å². The quantitative estimate of drug-likeness (QED) is 0.888. The van der Waals surface area contributed by atoms with Crippen LogP contribution in [0.25, 0.3) is 0 Å². The minimum absolute atomic E-state index is 0.245. The Morgan fingerprint density at radius 1 is 1.16 bits per heavy atom. The highest BCUT2D eigenvalue weighted by Gasteiger charge is 2.38. The number of aliphatic hydroxyl groups is 1. The number of rotatable bonds is 5. The van der Waals surface area contributed by atoms with Gasteiger partial charge in [0.2, 0.25) is 5.75 Å². The Morgan fingerprint density at radius 2 is 1.84 bits per heavy atom. The van der Waals surface area contributed by atoms with Crippen LogP contribution >= 0.6 is 0 Å². The SMILES string of the molecule is CCCC1Oc2cc(OC)c(OC)c(OC)c2C1O. The zero-order chi connectivity index (χ0) is 14.0. The summed E-state index contributed by atoms with van der Waals surface area (Å²) in [6, 6.07) is 1.73. The Kier molecular flexibility index (Phi) is 4.04. The van der Waals surface area contributed by atoms with Crippen LogP contribution in [0.5, 0.6) is 23.0 Å². The van der Waals surface area contributed by atoms with E-state index in [1.54, 1.807) is 20.3 Å². The predicted octanol–water partition coefficient (Wildman–Crippen LogP) is 2.31. The van der Waals surface area contributed by atoms with Gasteiger partial charge in [0.15, 0.2) is 11.5 Å². The summed E-state index contributed by atoms with van der Waals surface area (Å²) in [7, 11) is 4.63. The van der Waals surface area contributed by atoms with E-state index < -0.39 is 6.10 Å². The van der Waals surface area contributed by atoms with Gasteiger partial charge in [-0.2, -0.15) is 0 Å². The van der Waals surface area contributed by atoms with Gasteiger partial charge in [-0.25, -0.2) is 0 Å². The van der Waals surface area contributed by atoms with Crippen LogP contribution in [0.15, 0.2) is 6.07 Å². The third-order valence-electron chi connectivity index (χ3n) is 3.33. The van der Waals surface area contributed by atoms with Gasteiger partial charge in [-0.3, -0.25) is 0 Å². The first kappa shape index (κ1) is 13.8. The van der Waals surface area contributed by atoms with Gasteiger partial charge in [0.25, 0.3) is 0 Å². The highest BCUT2D eigenvalue weighted by molar-refractivity contribution is 5.63. The van der Waals surface area contributed by atoms with Crippen LogP contribution in [-0.4, -0.2) is 32.5 Å². The number of methoxy groups -OCH3 is 3. The second-order valence-corrected chi connectivity index (χ2v) is 4.45. The largest absolute Gasteiger partial charge is 0.493 e. The standard InChI is InChI=1S/C14H20O5/c1-5-6-8-12(15)11-9(19-8)7-10(16-2)13(17-3)14(11)18-4/h7-8,12,15H,5-6H2,1-4H3. The molecule has 5 nitrogen and oxygen atoms in total. The van der Waals surface area contributed by atoms with Crippen molar-refractivity contribution in [2.75, 3.05) is 21.3 Å². The highest BCUT2D eigenvalue weighted by atomic mass is 16.5. The summed E-state index contributed by atoms with van der Waals surface area (Å²) in [5.74, 6) is 2.08. The summed E-state index contributed by atoms with van der Waals surface area (Å²) < 4.78 is 21.7. The molecule has 1 aliphatic rings. The van der Waals surface area contributed by atoms with Crippen molar-refractivity contribution in [2.24, 2.45) is 0 Å². The van der Waals surface area contributed by atoms with Crippen molar-refractivity contribution in [1.82, 2.24) is 0 Å². The molecule has 2 rings (SSSR count). The fourth-order valence-corrected chi connectivity index (χ4v) is 2.45. The number of ether oxygens (including phenoxy) is 4. The first-order valence-electron chi connectivity index (χ1n) is 6.35. The molecule has 1 aromatic rings. The van der Waals surface area contributed by atoms with Crippen LogP contribution in [0.1, 0.15) is 31.4 Å². The first-order valence-corrected chi connectivity index (χ1v) is 6.35. The topological polar surface area (TPSA) is 57.2 Å². The lowest BCUT2D eigenvalue weighted by molar-refractivity contribution is 0.0606. The molecule has 0 saturated heterocycles. The molecular weight excluding hydrogens is 248 g/mol. The van der Waals surface area contributed by atoms with E-state index in [1.165, 1.54) is 7.11 Å². The molecule has 2 unspecified atom stereocenters. The van der Waals surface area contributed by atoms with Crippen LogP contribution in [-0.2, 0) is 0 Å². The van der Waals surface area contributed by atoms with Gasteiger partial charge in [-0.1, -0.05) is 13.3 Å². The van der Waals surface area contributed by atoms with Gasteiger partial charge in [0.1, 0.15) is 18.0 Å². The summed E-state index contributed by atoms with van der Waals surface area (Å²) in [5, 5.41) is 10.4. The van der Waals surface area contributed by atoms with Crippen LogP contribution in [0, 0.1) is 0 Å². The molecule has 0 saturated carbocycles. The summed E-state index contributed by atoms with van der Waals surface area (Å²) in [5.41, 5.74) is 0.638. The number of hydrogen-bond donors (Lipinski definition) is 1. The fraction of sp³-hybridized carbons (Fsp3) is 0.571. The van der Waals surface area contributed by atoms with Gasteiger partial charge in [0.05, 0.1) is 26.9 Å². The smallest absolute Gasteiger partial charge is 0.203 e. The third kappa shape index (κ3) is 2.18. The molecule has 0 spiro atoms. The summed E-state index contributed by atoms with van der Waals surface area (Å²) in [6.45, 7) is 2.05. The monoisotopic (exact) mass is 268 g/mol. The van der Waals surface area contributed by atoms with Crippen molar-refractivity contribution in [1.29, 1.82) is 0 Å². The molecule has 1 aromatic carbocycles. The van der Waals surface area contributed by atoms with Gasteiger partial charge in [-0.05, 0) is 6.42 Å². The Balaban J connectivity index is 2.52. The van der Waals surface area contributed by atoms with Crippen LogP contribution in [0.4, 0.5) is 0 Å². The van der Waals surface area contributed by atoms with Gasteiger partial charge in [0, 0.05) is 6.07 Å². The zero-order valence-corrected chi connectivity index (χ0v) is 11.7. The maximum absolute atomic E-state index is 10.4.